The maximum absolute atomic E-state index is 4.38. The molecule has 0 aliphatic rings. The lowest BCUT2D eigenvalue weighted by atomic mass is 10.2. The Bertz CT molecular complexity index is 828. The molecule has 6 nitrogen and oxygen atoms in total. The molecule has 0 saturated heterocycles. The van der Waals surface area contributed by atoms with Crippen LogP contribution >= 0.6 is 35.3 Å². The fourth-order valence-corrected chi connectivity index (χ4v) is 3.23. The van der Waals surface area contributed by atoms with Crippen LogP contribution in [0.3, 0.4) is 0 Å². The van der Waals surface area contributed by atoms with Crippen LogP contribution in [0.2, 0.25) is 0 Å². The highest BCUT2D eigenvalue weighted by molar-refractivity contribution is 14.0. The fraction of sp³-hybridized carbons (Fsp3) is 0.278. The van der Waals surface area contributed by atoms with Crippen LogP contribution in [0, 0.1) is 6.92 Å². The van der Waals surface area contributed by atoms with Gasteiger partial charge in [0.1, 0.15) is 0 Å². The van der Waals surface area contributed by atoms with E-state index in [1.54, 1.807) is 24.6 Å². The molecule has 2 N–H and O–H groups in total. The van der Waals surface area contributed by atoms with Crippen molar-refractivity contribution in [2.24, 2.45) is 4.99 Å². The van der Waals surface area contributed by atoms with Gasteiger partial charge >= 0.3 is 0 Å². The molecule has 2 heterocycles. The second-order valence-corrected chi connectivity index (χ2v) is 6.91. The van der Waals surface area contributed by atoms with Gasteiger partial charge in [0.2, 0.25) is 0 Å². The Balaban J connectivity index is 0.00000243. The van der Waals surface area contributed by atoms with Gasteiger partial charge in [0, 0.05) is 50.0 Å². The first-order valence-electron chi connectivity index (χ1n) is 8.19. The van der Waals surface area contributed by atoms with E-state index in [9.17, 15) is 0 Å². The van der Waals surface area contributed by atoms with Crippen molar-refractivity contribution in [1.82, 2.24) is 25.4 Å². The number of nitrogens with zero attached hydrogens (tertiary/aromatic N) is 4. The predicted molar refractivity (Wildman–Crippen MR) is 118 cm³/mol. The van der Waals surface area contributed by atoms with Gasteiger partial charge in [-0.1, -0.05) is 12.1 Å². The molecule has 8 heteroatoms. The molecule has 3 aromatic rings. The molecule has 26 heavy (non-hydrogen) atoms. The first-order valence-corrected chi connectivity index (χ1v) is 9.01. The lowest BCUT2D eigenvalue weighted by Crippen LogP contribution is -2.37. The van der Waals surface area contributed by atoms with E-state index in [2.05, 4.69) is 44.8 Å². The molecule has 0 radical (unpaired) electrons. The van der Waals surface area contributed by atoms with E-state index in [0.29, 0.717) is 6.54 Å². The van der Waals surface area contributed by atoms with Crippen LogP contribution in [0.4, 0.5) is 0 Å². The molecule has 0 atom stereocenters. The minimum absolute atomic E-state index is 0. The average molecular weight is 482 g/mol. The van der Waals surface area contributed by atoms with Crippen molar-refractivity contribution in [3.05, 3.63) is 64.4 Å². The first-order chi connectivity index (χ1) is 12.2. The summed E-state index contributed by atoms with van der Waals surface area (Å²) < 4.78 is 1.85. The monoisotopic (exact) mass is 482 g/mol. The molecule has 0 saturated carbocycles. The summed E-state index contributed by atoms with van der Waals surface area (Å²) in [5, 5.41) is 12.1. The molecule has 3 rings (SSSR count). The van der Waals surface area contributed by atoms with Gasteiger partial charge in [-0.15, -0.1) is 35.3 Å². The van der Waals surface area contributed by atoms with E-state index in [-0.39, 0.29) is 24.0 Å². The van der Waals surface area contributed by atoms with Gasteiger partial charge in [0.05, 0.1) is 10.7 Å². The van der Waals surface area contributed by atoms with Gasteiger partial charge in [-0.05, 0) is 30.7 Å². The second kappa shape index (κ2) is 10.3. The molecule has 0 amide bonds. The van der Waals surface area contributed by atoms with Crippen LogP contribution in [-0.4, -0.2) is 34.3 Å². The second-order valence-electron chi connectivity index (χ2n) is 5.59. The molecule has 0 spiro atoms. The highest BCUT2D eigenvalue weighted by Gasteiger charge is 2.02. The quantitative estimate of drug-likeness (QED) is 0.322. The number of rotatable bonds is 6. The predicted octanol–water partition coefficient (Wildman–Crippen LogP) is 3.16. The van der Waals surface area contributed by atoms with Gasteiger partial charge in [0.25, 0.3) is 0 Å². The Hall–Kier alpha value is -1.94. The van der Waals surface area contributed by atoms with E-state index >= 15 is 0 Å². The number of benzene rings is 1. The van der Waals surface area contributed by atoms with Crippen molar-refractivity contribution in [3.63, 3.8) is 0 Å². The van der Waals surface area contributed by atoms with Crippen molar-refractivity contribution in [3.8, 4) is 5.69 Å². The first kappa shape index (κ1) is 20.4. The Kier molecular flexibility index (Phi) is 8.05. The molecule has 0 aliphatic carbocycles. The number of guanidine groups is 1. The van der Waals surface area contributed by atoms with Gasteiger partial charge in [-0.3, -0.25) is 4.99 Å². The highest BCUT2D eigenvalue weighted by atomic mass is 127. The molecule has 0 unspecified atom stereocenters. The number of thiazole rings is 1. The summed E-state index contributed by atoms with van der Waals surface area (Å²) in [4.78, 5) is 9.89. The summed E-state index contributed by atoms with van der Waals surface area (Å²) in [5.41, 5.74) is 2.22. The minimum atomic E-state index is 0. The Morgan fingerprint density at radius 1 is 1.27 bits per heavy atom. The number of hydrogen-bond donors (Lipinski definition) is 2. The SMILES string of the molecule is CN=C(NCCc1ncc(C)s1)NCc1cccc(-n2cccn2)c1.I. The van der Waals surface area contributed by atoms with E-state index in [0.717, 1.165) is 29.6 Å². The number of aliphatic imine (C=N–C) groups is 1. The summed E-state index contributed by atoms with van der Waals surface area (Å²) in [7, 11) is 1.78. The van der Waals surface area contributed by atoms with Crippen LogP contribution in [0.1, 0.15) is 15.4 Å². The molecule has 0 bridgehead atoms. The maximum atomic E-state index is 4.38. The number of aryl methyl sites for hydroxylation is 1. The number of halogens is 1. The molecule has 2 aromatic heterocycles. The molecule has 1 aromatic carbocycles. The third-order valence-electron chi connectivity index (χ3n) is 3.66. The summed E-state index contributed by atoms with van der Waals surface area (Å²) in [5.74, 6) is 0.790. The van der Waals surface area contributed by atoms with Crippen LogP contribution in [-0.2, 0) is 13.0 Å². The largest absolute Gasteiger partial charge is 0.356 e. The van der Waals surface area contributed by atoms with Crippen LogP contribution < -0.4 is 10.6 Å². The van der Waals surface area contributed by atoms with Crippen LogP contribution in [0.15, 0.2) is 53.9 Å². The van der Waals surface area contributed by atoms with Crippen molar-refractivity contribution >= 4 is 41.3 Å². The van der Waals surface area contributed by atoms with Crippen molar-refractivity contribution in [1.29, 1.82) is 0 Å². The molecule has 0 aliphatic heterocycles. The Morgan fingerprint density at radius 2 is 2.15 bits per heavy atom. The molecule has 138 valence electrons. The van der Waals surface area contributed by atoms with E-state index < -0.39 is 0 Å². The number of aromatic nitrogens is 3. The number of nitrogens with one attached hydrogen (secondary N) is 2. The third-order valence-corrected chi connectivity index (χ3v) is 4.64. The van der Waals surface area contributed by atoms with E-state index in [4.69, 9.17) is 0 Å². The zero-order valence-corrected chi connectivity index (χ0v) is 18.0. The molecular weight excluding hydrogens is 459 g/mol. The smallest absolute Gasteiger partial charge is 0.191 e. The zero-order valence-electron chi connectivity index (χ0n) is 14.8. The van der Waals surface area contributed by atoms with Crippen molar-refractivity contribution in [2.75, 3.05) is 13.6 Å². The summed E-state index contributed by atoms with van der Waals surface area (Å²) in [6.07, 6.45) is 6.53. The standard InChI is InChI=1S/C18H22N6S.HI/c1-14-12-21-17(25-14)7-9-20-18(19-2)22-13-15-5-3-6-16(11-15)24-10-4-8-23-24;/h3-6,8,10-12H,7,9,13H2,1-2H3,(H2,19,20,22);1H. The van der Waals surface area contributed by atoms with E-state index in [1.807, 2.05) is 35.3 Å². The number of hydrogen-bond acceptors (Lipinski definition) is 4. The summed E-state index contributed by atoms with van der Waals surface area (Å²) in [6.45, 7) is 3.58. The van der Waals surface area contributed by atoms with Gasteiger partial charge < -0.3 is 10.6 Å². The Labute approximate surface area is 174 Å². The van der Waals surface area contributed by atoms with Crippen LogP contribution in [0.25, 0.3) is 5.69 Å². The van der Waals surface area contributed by atoms with E-state index in [1.165, 1.54) is 10.4 Å². The average Bonchev–Trinajstić information content (AvgIpc) is 3.30. The van der Waals surface area contributed by atoms with Gasteiger partial charge in [0.15, 0.2) is 5.96 Å². The topological polar surface area (TPSA) is 67.1 Å². The zero-order chi connectivity index (χ0) is 17.5. The molecular formula is C18H23IN6S. The van der Waals surface area contributed by atoms with Gasteiger partial charge in [-0.25, -0.2) is 9.67 Å². The van der Waals surface area contributed by atoms with Crippen molar-refractivity contribution in [2.45, 2.75) is 19.9 Å². The minimum Gasteiger partial charge on any atom is -0.356 e. The summed E-state index contributed by atoms with van der Waals surface area (Å²) >= 11 is 1.74. The normalized spacial score (nSPS) is 11.1. The Morgan fingerprint density at radius 3 is 2.85 bits per heavy atom. The molecule has 0 fully saturated rings. The fourth-order valence-electron chi connectivity index (χ4n) is 2.44. The maximum Gasteiger partial charge on any atom is 0.191 e. The van der Waals surface area contributed by atoms with Crippen molar-refractivity contribution < 1.29 is 0 Å². The van der Waals surface area contributed by atoms with Gasteiger partial charge in [-0.2, -0.15) is 5.10 Å². The summed E-state index contributed by atoms with van der Waals surface area (Å²) in [6, 6.07) is 10.2. The third kappa shape index (κ3) is 5.80. The lowest BCUT2D eigenvalue weighted by molar-refractivity contribution is 0.790. The lowest BCUT2D eigenvalue weighted by Gasteiger charge is -2.12. The highest BCUT2D eigenvalue weighted by Crippen LogP contribution is 2.11. The van der Waals surface area contributed by atoms with Crippen LogP contribution in [0.5, 0.6) is 0 Å².